The topological polar surface area (TPSA) is 201 Å². The van der Waals surface area contributed by atoms with Crippen LogP contribution >= 0.6 is 22.0 Å². The van der Waals surface area contributed by atoms with Crippen LogP contribution in [-0.2, 0) is 26.7 Å². The van der Waals surface area contributed by atoms with Gasteiger partial charge in [-0.3, -0.25) is 0 Å². The molecule has 0 saturated heterocycles. The van der Waals surface area contributed by atoms with E-state index in [1.54, 1.807) is 0 Å². The molecule has 0 aliphatic rings. The fourth-order valence-electron chi connectivity index (χ4n) is 2.22. The molecule has 0 unspecified atom stereocenters. The van der Waals surface area contributed by atoms with Gasteiger partial charge in [-0.2, -0.15) is 0 Å². The third-order valence-corrected chi connectivity index (χ3v) is 17.3. The molecule has 2 atom stereocenters. The van der Waals surface area contributed by atoms with Crippen molar-refractivity contribution in [1.29, 1.82) is 0 Å². The average Bonchev–Trinajstić information content (AvgIpc) is 2.52. The van der Waals surface area contributed by atoms with Crippen LogP contribution in [0.25, 0.3) is 0 Å². The van der Waals surface area contributed by atoms with Gasteiger partial charge < -0.3 is 0 Å². The number of carboxylic acids is 2. The zero-order chi connectivity index (χ0) is 23.9. The van der Waals surface area contributed by atoms with Crippen molar-refractivity contribution in [3.63, 3.8) is 0 Å². The summed E-state index contributed by atoms with van der Waals surface area (Å²) in [7, 11) is 1.40. The van der Waals surface area contributed by atoms with Gasteiger partial charge in [-0.05, 0) is 0 Å². The van der Waals surface area contributed by atoms with Crippen molar-refractivity contribution in [3.8, 4) is 0 Å². The summed E-state index contributed by atoms with van der Waals surface area (Å²) in [6.45, 7) is 0. The monoisotopic (exact) mass is 594 g/mol. The van der Waals surface area contributed by atoms with E-state index in [-0.39, 0.29) is 25.7 Å². The standard InChI is InChI=1S/C14H28As2N4O8S2/c1-15(2,27)19(9(13(23)24)5-7-11(17)21)29-30-20(16(3,4)28)10(14(25)26)6-8-12(18)22/h9-10H,5-8H2,1-4H3,(H2,17,21)(H2,18,22)(H,23,24)(H,25,26)/t9-,10-/m0/s1. The minimum atomic E-state index is -3.93. The van der Waals surface area contributed by atoms with Gasteiger partial charge in [0.05, 0.1) is 0 Å². The van der Waals surface area contributed by atoms with Gasteiger partial charge in [-0.1, -0.05) is 0 Å². The first-order valence-electron chi connectivity index (χ1n) is 8.54. The normalized spacial score (nSPS) is 14.5. The number of rotatable bonds is 15. The summed E-state index contributed by atoms with van der Waals surface area (Å²) < 4.78 is 27.8. The Bertz CT molecular complexity index is 694. The van der Waals surface area contributed by atoms with Crippen LogP contribution in [-0.4, -0.2) is 79.9 Å². The second kappa shape index (κ2) is 12.3. The number of primary amides is 2. The van der Waals surface area contributed by atoms with Crippen LogP contribution in [0.2, 0.25) is 22.8 Å². The fourth-order valence-corrected chi connectivity index (χ4v) is 16.2. The minimum absolute atomic E-state index is 0.198. The van der Waals surface area contributed by atoms with E-state index >= 15 is 0 Å². The molecule has 0 saturated carbocycles. The number of nitrogens with zero attached hydrogens (tertiary/aromatic N) is 2. The van der Waals surface area contributed by atoms with Gasteiger partial charge in [0.1, 0.15) is 0 Å². The molecule has 0 fully saturated rings. The Kier molecular flexibility index (Phi) is 12.0. The molecule has 0 spiro atoms. The van der Waals surface area contributed by atoms with Gasteiger partial charge in [0, 0.05) is 0 Å². The summed E-state index contributed by atoms with van der Waals surface area (Å²) in [5.41, 5.74) is 15.7. The van der Waals surface area contributed by atoms with Gasteiger partial charge >= 0.3 is 189 Å². The molecule has 16 heteroatoms. The van der Waals surface area contributed by atoms with Gasteiger partial charge in [-0.25, -0.2) is 0 Å². The van der Waals surface area contributed by atoms with Crippen LogP contribution in [0.4, 0.5) is 0 Å². The Morgan fingerprint density at radius 3 is 1.20 bits per heavy atom. The Labute approximate surface area is 187 Å². The van der Waals surface area contributed by atoms with Gasteiger partial charge in [0.2, 0.25) is 0 Å². The van der Waals surface area contributed by atoms with Crippen LogP contribution in [0.1, 0.15) is 25.7 Å². The van der Waals surface area contributed by atoms with E-state index in [1.165, 1.54) is 22.8 Å². The van der Waals surface area contributed by atoms with Crippen LogP contribution in [0, 0.1) is 0 Å². The molecule has 12 nitrogen and oxygen atoms in total. The second-order valence-corrected chi connectivity index (χ2v) is 22.9. The van der Waals surface area contributed by atoms with Crippen molar-refractivity contribution >= 4 is 73.1 Å². The van der Waals surface area contributed by atoms with Crippen LogP contribution < -0.4 is 11.5 Å². The molecule has 0 bridgehead atoms. The molecule has 0 aliphatic heterocycles. The summed E-state index contributed by atoms with van der Waals surface area (Å²) in [4.78, 5) is 45.6. The molecule has 6 N–H and O–H groups in total. The molecule has 0 radical (unpaired) electrons. The van der Waals surface area contributed by atoms with E-state index in [9.17, 15) is 36.9 Å². The van der Waals surface area contributed by atoms with Crippen molar-refractivity contribution < 1.29 is 36.9 Å². The van der Waals surface area contributed by atoms with Crippen LogP contribution in [0.3, 0.4) is 0 Å². The third-order valence-electron chi connectivity index (χ3n) is 3.57. The molecule has 0 aliphatic carbocycles. The fraction of sp³-hybridized carbons (Fsp3) is 0.714. The quantitative estimate of drug-likeness (QED) is 0.116. The molecule has 0 heterocycles. The zero-order valence-corrected chi connectivity index (χ0v) is 22.5. The summed E-state index contributed by atoms with van der Waals surface area (Å²) >= 11 is -7.85. The maximum absolute atomic E-state index is 12.8. The van der Waals surface area contributed by atoms with E-state index in [1.807, 2.05) is 0 Å². The van der Waals surface area contributed by atoms with E-state index < -0.39 is 63.3 Å². The summed E-state index contributed by atoms with van der Waals surface area (Å²) in [6, 6.07) is -2.66. The van der Waals surface area contributed by atoms with Gasteiger partial charge in [0.15, 0.2) is 0 Å². The number of nitrogens with two attached hydrogens (primary N) is 2. The van der Waals surface area contributed by atoms with Crippen molar-refractivity contribution in [2.75, 3.05) is 0 Å². The molecule has 174 valence electrons. The van der Waals surface area contributed by atoms with Crippen LogP contribution in [0.15, 0.2) is 0 Å². The molecule has 30 heavy (non-hydrogen) atoms. The number of aliphatic carboxylic acids is 2. The van der Waals surface area contributed by atoms with Crippen molar-refractivity contribution in [2.24, 2.45) is 11.5 Å². The molecule has 2 amide bonds. The summed E-state index contributed by atoms with van der Waals surface area (Å²) in [5, 5.41) is 19.1. The number of carboxylic acid groups (broad SMARTS) is 2. The third kappa shape index (κ3) is 10.5. The zero-order valence-electron chi connectivity index (χ0n) is 17.1. The Balaban J connectivity index is 5.83. The van der Waals surface area contributed by atoms with Crippen molar-refractivity contribution in [2.45, 2.75) is 60.6 Å². The summed E-state index contributed by atoms with van der Waals surface area (Å²) in [5.74, 6) is -4.10. The first-order chi connectivity index (χ1) is 13.5. The number of hydrogen-bond donors (Lipinski definition) is 4. The maximum atomic E-state index is 12.8. The van der Waals surface area contributed by atoms with Crippen molar-refractivity contribution in [1.82, 2.24) is 6.44 Å². The molecule has 0 rings (SSSR count). The van der Waals surface area contributed by atoms with E-state index in [4.69, 9.17) is 11.5 Å². The Hall–Kier alpha value is -0.783. The van der Waals surface area contributed by atoms with E-state index in [0.29, 0.717) is 22.0 Å². The molecule has 0 aromatic heterocycles. The summed E-state index contributed by atoms with van der Waals surface area (Å²) in [6.07, 6.45) is -0.900. The molecule has 0 aromatic rings. The number of amides is 2. The average molecular weight is 594 g/mol. The number of carbonyl (C=O) groups excluding carboxylic acids is 2. The predicted octanol–water partition coefficient (Wildman–Crippen LogP) is 0.504. The second-order valence-electron chi connectivity index (χ2n) is 7.06. The van der Waals surface area contributed by atoms with Gasteiger partial charge in [0.25, 0.3) is 0 Å². The Morgan fingerprint density at radius 1 is 0.767 bits per heavy atom. The van der Waals surface area contributed by atoms with Crippen molar-refractivity contribution in [3.05, 3.63) is 0 Å². The van der Waals surface area contributed by atoms with E-state index in [0.717, 1.165) is 6.44 Å². The Morgan fingerprint density at radius 2 is 1.03 bits per heavy atom. The molecular weight excluding hydrogens is 566 g/mol. The first kappa shape index (κ1) is 29.2. The van der Waals surface area contributed by atoms with Gasteiger partial charge in [-0.15, -0.1) is 0 Å². The predicted molar refractivity (Wildman–Crippen MR) is 115 cm³/mol. The molecular formula is C14H28As2N4O8S2. The van der Waals surface area contributed by atoms with E-state index in [2.05, 4.69) is 0 Å². The SMILES string of the molecule is C[As](C)(=O)N(SSN([C@@H](CCC(N)=O)C(=O)O)[As](C)(C)=O)[C@@H](CCC(N)=O)C(=O)O. The van der Waals surface area contributed by atoms with Crippen LogP contribution in [0.5, 0.6) is 0 Å². The number of hydrogen-bond acceptors (Lipinski definition) is 8. The number of carbonyl (C=O) groups is 4. The molecule has 0 aromatic carbocycles. The first-order valence-corrected chi connectivity index (χ1v) is 21.3.